The van der Waals surface area contributed by atoms with E-state index in [9.17, 15) is 4.39 Å². The van der Waals surface area contributed by atoms with E-state index < -0.39 is 0 Å². The predicted octanol–water partition coefficient (Wildman–Crippen LogP) is 3.46. The first-order valence-electron chi connectivity index (χ1n) is 5.97. The zero-order valence-corrected chi connectivity index (χ0v) is 10.9. The number of hydrogen-bond acceptors (Lipinski definition) is 3. The lowest BCUT2D eigenvalue weighted by atomic mass is 10.1. The summed E-state index contributed by atoms with van der Waals surface area (Å²) in [5.74, 6) is 0.104. The molecule has 0 aliphatic carbocycles. The largest absolute Gasteiger partial charge is 0.496 e. The SMILES string of the molecule is CC[C@H](OC[C@H](C)C#N)c1cc(F)ccc1OC. The van der Waals surface area contributed by atoms with Gasteiger partial charge in [0.1, 0.15) is 11.6 Å². The van der Waals surface area contributed by atoms with Gasteiger partial charge in [0.2, 0.25) is 0 Å². The number of nitriles is 1. The van der Waals surface area contributed by atoms with E-state index in [1.165, 1.54) is 12.1 Å². The molecule has 0 radical (unpaired) electrons. The van der Waals surface area contributed by atoms with Gasteiger partial charge in [0, 0.05) is 5.56 Å². The maximum absolute atomic E-state index is 13.3. The molecule has 98 valence electrons. The summed E-state index contributed by atoms with van der Waals surface area (Å²) >= 11 is 0. The summed E-state index contributed by atoms with van der Waals surface area (Å²) in [7, 11) is 1.54. The van der Waals surface area contributed by atoms with Crippen LogP contribution in [0.25, 0.3) is 0 Å². The third-order valence-electron chi connectivity index (χ3n) is 2.68. The second-order valence-corrected chi connectivity index (χ2v) is 4.15. The summed E-state index contributed by atoms with van der Waals surface area (Å²) < 4.78 is 24.1. The highest BCUT2D eigenvalue weighted by atomic mass is 19.1. The molecule has 0 spiro atoms. The molecule has 1 aromatic carbocycles. The minimum atomic E-state index is -0.318. The molecule has 1 aromatic rings. The Balaban J connectivity index is 2.87. The minimum absolute atomic E-state index is 0.182. The molecule has 0 saturated carbocycles. The van der Waals surface area contributed by atoms with Gasteiger partial charge in [0.05, 0.1) is 31.8 Å². The zero-order chi connectivity index (χ0) is 13.5. The molecule has 0 aromatic heterocycles. The summed E-state index contributed by atoms with van der Waals surface area (Å²) in [5.41, 5.74) is 0.685. The van der Waals surface area contributed by atoms with E-state index >= 15 is 0 Å². The molecule has 2 atom stereocenters. The van der Waals surface area contributed by atoms with Crippen LogP contribution in [0.5, 0.6) is 5.75 Å². The monoisotopic (exact) mass is 251 g/mol. The normalized spacial score (nSPS) is 13.7. The van der Waals surface area contributed by atoms with Crippen molar-refractivity contribution in [2.45, 2.75) is 26.4 Å². The minimum Gasteiger partial charge on any atom is -0.496 e. The summed E-state index contributed by atoms with van der Waals surface area (Å²) in [5, 5.41) is 8.72. The molecule has 0 N–H and O–H groups in total. The maximum Gasteiger partial charge on any atom is 0.124 e. The third-order valence-corrected chi connectivity index (χ3v) is 2.68. The Morgan fingerprint density at radius 2 is 2.17 bits per heavy atom. The van der Waals surface area contributed by atoms with Crippen molar-refractivity contribution < 1.29 is 13.9 Å². The molecule has 18 heavy (non-hydrogen) atoms. The van der Waals surface area contributed by atoms with Crippen molar-refractivity contribution in [1.82, 2.24) is 0 Å². The topological polar surface area (TPSA) is 42.2 Å². The van der Waals surface area contributed by atoms with Crippen LogP contribution in [0.2, 0.25) is 0 Å². The molecule has 0 bridgehead atoms. The molecule has 1 rings (SSSR count). The lowest BCUT2D eigenvalue weighted by Gasteiger charge is -2.19. The van der Waals surface area contributed by atoms with Crippen molar-refractivity contribution in [3.05, 3.63) is 29.6 Å². The summed E-state index contributed by atoms with van der Waals surface area (Å²) in [6, 6.07) is 6.47. The smallest absolute Gasteiger partial charge is 0.124 e. The van der Waals surface area contributed by atoms with E-state index in [1.807, 2.05) is 6.92 Å². The van der Waals surface area contributed by atoms with Crippen LogP contribution in [0, 0.1) is 23.1 Å². The van der Waals surface area contributed by atoms with E-state index in [4.69, 9.17) is 14.7 Å². The van der Waals surface area contributed by atoms with Crippen LogP contribution in [0.1, 0.15) is 31.9 Å². The van der Waals surface area contributed by atoms with E-state index in [1.54, 1.807) is 20.1 Å². The fraction of sp³-hybridized carbons (Fsp3) is 0.500. The first-order chi connectivity index (χ1) is 8.62. The van der Waals surface area contributed by atoms with Crippen molar-refractivity contribution in [1.29, 1.82) is 5.26 Å². The fourth-order valence-corrected chi connectivity index (χ4v) is 1.68. The van der Waals surface area contributed by atoms with E-state index in [2.05, 4.69) is 6.07 Å². The van der Waals surface area contributed by atoms with Crippen molar-refractivity contribution in [3.8, 4) is 11.8 Å². The van der Waals surface area contributed by atoms with Crippen LogP contribution < -0.4 is 4.74 Å². The highest BCUT2D eigenvalue weighted by molar-refractivity contribution is 5.35. The molecule has 0 unspecified atom stereocenters. The number of methoxy groups -OCH3 is 1. The highest BCUT2D eigenvalue weighted by Gasteiger charge is 2.17. The molecular formula is C14H18FNO2. The van der Waals surface area contributed by atoms with Crippen molar-refractivity contribution in [2.75, 3.05) is 13.7 Å². The standard InChI is InChI=1S/C14H18FNO2/c1-4-13(18-9-10(2)8-16)12-7-11(15)5-6-14(12)17-3/h5-7,10,13H,4,9H2,1-3H3/t10-,13+/m1/s1. The Bertz CT molecular complexity index is 428. The Morgan fingerprint density at radius 1 is 1.44 bits per heavy atom. The lowest BCUT2D eigenvalue weighted by molar-refractivity contribution is 0.0369. The number of halogens is 1. The molecule has 0 heterocycles. The average Bonchev–Trinajstić information content (AvgIpc) is 2.39. The number of nitrogens with zero attached hydrogens (tertiary/aromatic N) is 1. The third kappa shape index (κ3) is 3.71. The van der Waals surface area contributed by atoms with E-state index in [0.717, 1.165) is 0 Å². The number of hydrogen-bond donors (Lipinski definition) is 0. The van der Waals surface area contributed by atoms with Gasteiger partial charge in [0.15, 0.2) is 0 Å². The van der Waals surface area contributed by atoms with Crippen LogP contribution in [0.4, 0.5) is 4.39 Å². The molecule has 0 amide bonds. The molecule has 0 aliphatic rings. The maximum atomic E-state index is 13.3. The first-order valence-corrected chi connectivity index (χ1v) is 5.97. The van der Waals surface area contributed by atoms with Gasteiger partial charge >= 0.3 is 0 Å². The second-order valence-electron chi connectivity index (χ2n) is 4.15. The Morgan fingerprint density at radius 3 is 2.72 bits per heavy atom. The van der Waals surface area contributed by atoms with Gasteiger partial charge in [-0.1, -0.05) is 6.92 Å². The number of rotatable bonds is 6. The second kappa shape index (κ2) is 6.97. The lowest BCUT2D eigenvalue weighted by Crippen LogP contribution is -2.10. The molecule has 3 nitrogen and oxygen atoms in total. The van der Waals surface area contributed by atoms with Gasteiger partial charge in [-0.25, -0.2) is 4.39 Å². The summed E-state index contributed by atoms with van der Waals surface area (Å²) in [4.78, 5) is 0. The molecule has 0 saturated heterocycles. The van der Waals surface area contributed by atoms with Gasteiger partial charge in [-0.15, -0.1) is 0 Å². The Kier molecular flexibility index (Phi) is 5.60. The van der Waals surface area contributed by atoms with Gasteiger partial charge in [-0.3, -0.25) is 0 Å². The van der Waals surface area contributed by atoms with Crippen LogP contribution in [-0.4, -0.2) is 13.7 Å². The molecule has 0 fully saturated rings. The molecule has 4 heteroatoms. The zero-order valence-electron chi connectivity index (χ0n) is 10.9. The van der Waals surface area contributed by atoms with Crippen molar-refractivity contribution in [3.63, 3.8) is 0 Å². The van der Waals surface area contributed by atoms with Crippen LogP contribution >= 0.6 is 0 Å². The van der Waals surface area contributed by atoms with Crippen LogP contribution in [0.15, 0.2) is 18.2 Å². The van der Waals surface area contributed by atoms with Gasteiger partial charge in [-0.05, 0) is 31.5 Å². The highest BCUT2D eigenvalue weighted by Crippen LogP contribution is 2.30. The van der Waals surface area contributed by atoms with Gasteiger partial charge in [0.25, 0.3) is 0 Å². The molecular weight excluding hydrogens is 233 g/mol. The van der Waals surface area contributed by atoms with E-state index in [-0.39, 0.29) is 17.8 Å². The fourth-order valence-electron chi connectivity index (χ4n) is 1.68. The predicted molar refractivity (Wildman–Crippen MR) is 66.7 cm³/mol. The Hall–Kier alpha value is -1.60. The first kappa shape index (κ1) is 14.5. The van der Waals surface area contributed by atoms with Crippen molar-refractivity contribution >= 4 is 0 Å². The van der Waals surface area contributed by atoms with E-state index in [0.29, 0.717) is 24.3 Å². The van der Waals surface area contributed by atoms with Crippen molar-refractivity contribution in [2.24, 2.45) is 5.92 Å². The molecule has 0 aliphatic heterocycles. The summed E-state index contributed by atoms with van der Waals surface area (Å²) in [6.07, 6.45) is 0.435. The van der Waals surface area contributed by atoms with Crippen LogP contribution in [-0.2, 0) is 4.74 Å². The average molecular weight is 251 g/mol. The van der Waals surface area contributed by atoms with Gasteiger partial charge < -0.3 is 9.47 Å². The number of ether oxygens (including phenoxy) is 2. The van der Waals surface area contributed by atoms with Gasteiger partial charge in [-0.2, -0.15) is 5.26 Å². The summed E-state index contributed by atoms with van der Waals surface area (Å²) in [6.45, 7) is 4.07. The Labute approximate surface area is 107 Å². The van der Waals surface area contributed by atoms with Crippen LogP contribution in [0.3, 0.4) is 0 Å². The number of benzene rings is 1. The quantitative estimate of drug-likeness (QED) is 0.777.